The van der Waals surface area contributed by atoms with E-state index in [4.69, 9.17) is 0 Å². The predicted octanol–water partition coefficient (Wildman–Crippen LogP) is 3.47. The molecular formula is C16H13F2N3O2. The number of anilines is 2. The van der Waals surface area contributed by atoms with Crippen LogP contribution in [0, 0.1) is 6.92 Å². The van der Waals surface area contributed by atoms with E-state index >= 15 is 0 Å². The van der Waals surface area contributed by atoms with Crippen molar-refractivity contribution in [3.05, 3.63) is 54.6 Å². The van der Waals surface area contributed by atoms with Crippen molar-refractivity contribution in [1.29, 1.82) is 0 Å². The van der Waals surface area contributed by atoms with Gasteiger partial charge in [-0.3, -0.25) is 4.98 Å². The summed E-state index contributed by atoms with van der Waals surface area (Å²) in [7, 11) is 0. The number of aryl methyl sites for hydroxylation is 1. The Morgan fingerprint density at radius 2 is 1.87 bits per heavy atom. The number of halogens is 2. The number of hydrogen-bond donors (Lipinski definition) is 0. The molecule has 4 rings (SSSR count). The van der Waals surface area contributed by atoms with Gasteiger partial charge < -0.3 is 19.3 Å². The van der Waals surface area contributed by atoms with Crippen molar-refractivity contribution in [3.63, 3.8) is 0 Å². The van der Waals surface area contributed by atoms with Crippen molar-refractivity contribution in [1.82, 2.24) is 4.98 Å². The molecule has 3 heterocycles. The van der Waals surface area contributed by atoms with Crippen LogP contribution in [0.4, 0.5) is 20.2 Å². The van der Waals surface area contributed by atoms with Crippen LogP contribution in [0.3, 0.4) is 0 Å². The number of pyridine rings is 1. The zero-order chi connectivity index (χ0) is 16.0. The first-order valence-electron chi connectivity index (χ1n) is 7.04. The molecule has 5 nitrogen and oxygen atoms in total. The van der Waals surface area contributed by atoms with Crippen LogP contribution >= 0.6 is 0 Å². The number of aromatic nitrogens is 1. The number of benzene rings is 1. The third-order valence-electron chi connectivity index (χ3n) is 3.77. The highest BCUT2D eigenvalue weighted by Crippen LogP contribution is 2.43. The topological polar surface area (TPSA) is 37.8 Å². The Bertz CT molecular complexity index is 795. The van der Waals surface area contributed by atoms with Crippen LogP contribution in [0.25, 0.3) is 0 Å². The Morgan fingerprint density at radius 1 is 1.09 bits per heavy atom. The molecule has 0 saturated heterocycles. The molecule has 0 aliphatic carbocycles. The summed E-state index contributed by atoms with van der Waals surface area (Å²) < 4.78 is 35.1. The van der Waals surface area contributed by atoms with E-state index < -0.39 is 6.29 Å². The zero-order valence-electron chi connectivity index (χ0n) is 12.2. The fourth-order valence-corrected chi connectivity index (χ4v) is 2.62. The van der Waals surface area contributed by atoms with E-state index in [0.29, 0.717) is 6.67 Å². The predicted molar refractivity (Wildman–Crippen MR) is 80.6 cm³/mol. The Kier molecular flexibility index (Phi) is 2.90. The molecule has 2 aromatic rings. The quantitative estimate of drug-likeness (QED) is 0.848. The van der Waals surface area contributed by atoms with Crippen molar-refractivity contribution in [2.45, 2.75) is 13.2 Å². The van der Waals surface area contributed by atoms with E-state index in [9.17, 15) is 8.78 Å². The summed E-state index contributed by atoms with van der Waals surface area (Å²) in [6.45, 7) is 2.57. The second-order valence-corrected chi connectivity index (χ2v) is 5.34. The first-order chi connectivity index (χ1) is 11.0. The Hall–Kier alpha value is -2.83. The van der Waals surface area contributed by atoms with Gasteiger partial charge in [0.15, 0.2) is 11.5 Å². The van der Waals surface area contributed by atoms with Crippen LogP contribution in [0.5, 0.6) is 11.5 Å². The van der Waals surface area contributed by atoms with E-state index in [0.717, 1.165) is 16.9 Å². The lowest BCUT2D eigenvalue weighted by atomic mass is 10.2. The molecule has 0 unspecified atom stereocenters. The second-order valence-electron chi connectivity index (χ2n) is 5.34. The first-order valence-corrected chi connectivity index (χ1v) is 7.04. The molecule has 1 aromatic heterocycles. The minimum absolute atomic E-state index is 0.0388. The van der Waals surface area contributed by atoms with Crippen molar-refractivity contribution in [2.24, 2.45) is 0 Å². The lowest BCUT2D eigenvalue weighted by Crippen LogP contribution is -2.26. The van der Waals surface area contributed by atoms with Crippen LogP contribution in [0.2, 0.25) is 0 Å². The smallest absolute Gasteiger partial charge is 0.395 e. The van der Waals surface area contributed by atoms with Gasteiger partial charge in [0.1, 0.15) is 0 Å². The van der Waals surface area contributed by atoms with Gasteiger partial charge in [-0.15, -0.1) is 8.78 Å². The fraction of sp³-hybridized carbons (Fsp3) is 0.188. The Labute approximate surface area is 131 Å². The number of fused-ring (bicyclic) bond motifs is 1. The van der Waals surface area contributed by atoms with Crippen LogP contribution in [0.1, 0.15) is 5.56 Å². The largest absolute Gasteiger partial charge is 0.586 e. The van der Waals surface area contributed by atoms with Gasteiger partial charge in [0.05, 0.1) is 18.6 Å². The Morgan fingerprint density at radius 3 is 2.70 bits per heavy atom. The average Bonchev–Trinajstić information content (AvgIpc) is 3.09. The summed E-state index contributed by atoms with van der Waals surface area (Å²) in [5, 5.41) is 0. The van der Waals surface area contributed by atoms with E-state index in [-0.39, 0.29) is 11.5 Å². The minimum Gasteiger partial charge on any atom is -0.395 e. The summed E-state index contributed by atoms with van der Waals surface area (Å²) in [6.07, 6.45) is 3.74. The average molecular weight is 317 g/mol. The minimum atomic E-state index is -3.60. The summed E-state index contributed by atoms with van der Waals surface area (Å²) in [6, 6.07) is 6.68. The number of rotatable bonds is 2. The highest BCUT2D eigenvalue weighted by atomic mass is 19.3. The van der Waals surface area contributed by atoms with Gasteiger partial charge in [0, 0.05) is 30.4 Å². The molecule has 0 amide bonds. The van der Waals surface area contributed by atoms with Crippen LogP contribution < -0.4 is 19.3 Å². The standard InChI is InChI=1S/C16H13F2N3O2/c1-11-4-5-19-9-13(11)21-7-6-20(10-21)12-2-3-14-15(8-12)23-16(17,18)22-14/h2-9H,10H2,1H3. The van der Waals surface area contributed by atoms with Crippen molar-refractivity contribution in [3.8, 4) is 11.5 Å². The summed E-state index contributed by atoms with van der Waals surface area (Å²) >= 11 is 0. The van der Waals surface area contributed by atoms with Crippen LogP contribution in [-0.4, -0.2) is 17.9 Å². The molecule has 2 aliphatic rings. The van der Waals surface area contributed by atoms with Crippen molar-refractivity contribution in [2.75, 3.05) is 16.5 Å². The normalized spacial score (nSPS) is 17.9. The number of hydrogen-bond acceptors (Lipinski definition) is 5. The first kappa shape index (κ1) is 13.8. The number of ether oxygens (including phenoxy) is 2. The molecule has 0 spiro atoms. The zero-order valence-corrected chi connectivity index (χ0v) is 12.2. The SMILES string of the molecule is Cc1ccncc1N1C=CN(c2ccc3c(c2)OC(F)(F)O3)C1. The van der Waals surface area contributed by atoms with E-state index in [1.165, 1.54) is 6.07 Å². The molecule has 118 valence electrons. The molecule has 0 atom stereocenters. The molecule has 0 saturated carbocycles. The van der Waals surface area contributed by atoms with Crippen molar-refractivity contribution < 1.29 is 18.3 Å². The van der Waals surface area contributed by atoms with E-state index in [1.807, 2.05) is 35.2 Å². The summed E-state index contributed by atoms with van der Waals surface area (Å²) in [4.78, 5) is 8.09. The maximum absolute atomic E-state index is 13.1. The Balaban J connectivity index is 1.56. The van der Waals surface area contributed by atoms with Crippen molar-refractivity contribution >= 4 is 11.4 Å². The summed E-state index contributed by atoms with van der Waals surface area (Å²) in [5.41, 5.74) is 2.85. The third kappa shape index (κ3) is 2.44. The van der Waals surface area contributed by atoms with Gasteiger partial charge in [-0.1, -0.05) is 0 Å². The van der Waals surface area contributed by atoms with Gasteiger partial charge in [0.2, 0.25) is 0 Å². The molecule has 1 aromatic carbocycles. The molecule has 0 radical (unpaired) electrons. The van der Waals surface area contributed by atoms with E-state index in [2.05, 4.69) is 14.5 Å². The highest BCUT2D eigenvalue weighted by molar-refractivity contribution is 5.64. The third-order valence-corrected chi connectivity index (χ3v) is 3.77. The van der Waals surface area contributed by atoms with Gasteiger partial charge in [-0.2, -0.15) is 0 Å². The van der Waals surface area contributed by atoms with Gasteiger partial charge in [-0.05, 0) is 30.7 Å². The molecule has 0 bridgehead atoms. The van der Waals surface area contributed by atoms with Gasteiger partial charge >= 0.3 is 6.29 Å². The molecule has 0 fully saturated rings. The van der Waals surface area contributed by atoms with Crippen LogP contribution in [0.15, 0.2) is 49.1 Å². The summed E-state index contributed by atoms with van der Waals surface area (Å²) in [5.74, 6) is 0.0822. The lowest BCUT2D eigenvalue weighted by molar-refractivity contribution is -0.286. The maximum atomic E-state index is 13.1. The lowest BCUT2D eigenvalue weighted by Gasteiger charge is -2.22. The molecule has 7 heteroatoms. The maximum Gasteiger partial charge on any atom is 0.586 e. The molecular weight excluding hydrogens is 304 g/mol. The van der Waals surface area contributed by atoms with E-state index in [1.54, 1.807) is 24.5 Å². The van der Waals surface area contributed by atoms with Crippen LogP contribution in [-0.2, 0) is 0 Å². The molecule has 0 N–H and O–H groups in total. The highest BCUT2D eigenvalue weighted by Gasteiger charge is 2.43. The molecule has 2 aliphatic heterocycles. The number of nitrogens with zero attached hydrogens (tertiary/aromatic N) is 3. The van der Waals surface area contributed by atoms with Gasteiger partial charge in [-0.25, -0.2) is 0 Å². The second kappa shape index (κ2) is 4.84. The number of alkyl halides is 2. The fourth-order valence-electron chi connectivity index (χ4n) is 2.62. The molecule has 23 heavy (non-hydrogen) atoms. The monoisotopic (exact) mass is 317 g/mol. The van der Waals surface area contributed by atoms with Gasteiger partial charge in [0.25, 0.3) is 0 Å².